The average Bonchev–Trinajstić information content (AvgIpc) is 3.02. The van der Waals surface area contributed by atoms with E-state index in [1.54, 1.807) is 4.68 Å². The van der Waals surface area contributed by atoms with Crippen LogP contribution in [0.25, 0.3) is 0 Å². The first-order valence-corrected chi connectivity index (χ1v) is 7.29. The minimum Gasteiger partial charge on any atom is -0.269 e. The van der Waals surface area contributed by atoms with Gasteiger partial charge >= 0.3 is 0 Å². The highest BCUT2D eigenvalue weighted by atomic mass is 35.5. The lowest BCUT2D eigenvalue weighted by Crippen LogP contribution is -2.09. The molecule has 6 heteroatoms. The van der Waals surface area contributed by atoms with Crippen LogP contribution in [-0.4, -0.2) is 30.7 Å². The van der Waals surface area contributed by atoms with Gasteiger partial charge in [-0.1, -0.05) is 19.1 Å². The average molecular weight is 282 g/mol. The fourth-order valence-electron chi connectivity index (χ4n) is 2.12. The monoisotopic (exact) mass is 281 g/mol. The molecule has 0 aromatic carbocycles. The molecule has 0 fully saturated rings. The zero-order valence-corrected chi connectivity index (χ0v) is 12.2. The Balaban J connectivity index is 2.02. The van der Waals surface area contributed by atoms with E-state index in [-0.39, 0.29) is 0 Å². The highest BCUT2D eigenvalue weighted by Gasteiger charge is 2.09. The van der Waals surface area contributed by atoms with Gasteiger partial charge in [-0.2, -0.15) is 5.10 Å². The second kappa shape index (κ2) is 6.70. The van der Waals surface area contributed by atoms with Crippen LogP contribution in [0.15, 0.2) is 18.5 Å². The van der Waals surface area contributed by atoms with Crippen LogP contribution >= 0.6 is 11.6 Å². The van der Waals surface area contributed by atoms with Crippen LogP contribution in [0, 0.1) is 0 Å². The maximum absolute atomic E-state index is 5.68. The second-order valence-electron chi connectivity index (χ2n) is 4.60. The molecular formula is C13H20ClN5. The van der Waals surface area contributed by atoms with Crippen molar-refractivity contribution in [1.29, 1.82) is 0 Å². The SMILES string of the molecule is CCC(CC)n1ccc(Cn2cc(CCCl)nn2)n1. The third kappa shape index (κ3) is 3.56. The number of alkyl halides is 1. The molecule has 0 aliphatic carbocycles. The number of halogens is 1. The number of aryl methyl sites for hydroxylation is 1. The summed E-state index contributed by atoms with van der Waals surface area (Å²) in [5.74, 6) is 0.571. The summed E-state index contributed by atoms with van der Waals surface area (Å²) in [6.07, 6.45) is 6.92. The van der Waals surface area contributed by atoms with Gasteiger partial charge in [0, 0.05) is 24.7 Å². The van der Waals surface area contributed by atoms with Crippen molar-refractivity contribution in [1.82, 2.24) is 24.8 Å². The molecule has 0 amide bonds. The van der Waals surface area contributed by atoms with E-state index in [0.717, 1.165) is 30.7 Å². The number of nitrogens with zero attached hydrogens (tertiary/aromatic N) is 5. The van der Waals surface area contributed by atoms with Crippen molar-refractivity contribution < 1.29 is 0 Å². The summed E-state index contributed by atoms with van der Waals surface area (Å²) in [4.78, 5) is 0. The lowest BCUT2D eigenvalue weighted by atomic mass is 10.2. The van der Waals surface area contributed by atoms with Gasteiger partial charge in [0.1, 0.15) is 0 Å². The largest absolute Gasteiger partial charge is 0.269 e. The Morgan fingerprint density at radius 3 is 2.74 bits per heavy atom. The zero-order chi connectivity index (χ0) is 13.7. The number of hydrogen-bond donors (Lipinski definition) is 0. The highest BCUT2D eigenvalue weighted by Crippen LogP contribution is 2.14. The lowest BCUT2D eigenvalue weighted by molar-refractivity contribution is 0.423. The molecule has 2 heterocycles. The third-order valence-electron chi connectivity index (χ3n) is 3.24. The van der Waals surface area contributed by atoms with E-state index in [1.165, 1.54) is 0 Å². The quantitative estimate of drug-likeness (QED) is 0.733. The first-order chi connectivity index (χ1) is 9.26. The van der Waals surface area contributed by atoms with Crippen LogP contribution in [0.2, 0.25) is 0 Å². The highest BCUT2D eigenvalue weighted by molar-refractivity contribution is 6.17. The van der Waals surface area contributed by atoms with Crippen LogP contribution in [0.5, 0.6) is 0 Å². The molecule has 0 N–H and O–H groups in total. The van der Waals surface area contributed by atoms with E-state index in [2.05, 4.69) is 29.3 Å². The Morgan fingerprint density at radius 1 is 1.26 bits per heavy atom. The molecule has 0 saturated carbocycles. The van der Waals surface area contributed by atoms with Gasteiger partial charge in [-0.3, -0.25) is 4.68 Å². The molecule has 0 radical (unpaired) electrons. The zero-order valence-electron chi connectivity index (χ0n) is 11.5. The minimum absolute atomic E-state index is 0.483. The summed E-state index contributed by atoms with van der Waals surface area (Å²) in [7, 11) is 0. The Hall–Kier alpha value is -1.36. The summed E-state index contributed by atoms with van der Waals surface area (Å²) in [6, 6.07) is 2.53. The number of rotatable bonds is 7. The van der Waals surface area contributed by atoms with Gasteiger partial charge in [-0.05, 0) is 18.9 Å². The van der Waals surface area contributed by atoms with Crippen molar-refractivity contribution >= 4 is 11.6 Å². The molecule has 0 aliphatic heterocycles. The van der Waals surface area contributed by atoms with Gasteiger partial charge in [-0.25, -0.2) is 4.68 Å². The van der Waals surface area contributed by atoms with Gasteiger partial charge in [0.2, 0.25) is 0 Å². The molecule has 0 aliphatic rings. The van der Waals surface area contributed by atoms with Crippen LogP contribution in [-0.2, 0) is 13.0 Å². The van der Waals surface area contributed by atoms with Crippen LogP contribution in [0.1, 0.15) is 44.1 Å². The van der Waals surface area contributed by atoms with Crippen molar-refractivity contribution in [3.8, 4) is 0 Å². The molecule has 5 nitrogen and oxygen atoms in total. The van der Waals surface area contributed by atoms with Gasteiger partial charge in [0.25, 0.3) is 0 Å². The number of hydrogen-bond acceptors (Lipinski definition) is 3. The van der Waals surface area contributed by atoms with E-state index in [9.17, 15) is 0 Å². The predicted octanol–water partition coefficient (Wildman–Crippen LogP) is 2.67. The first kappa shape index (κ1) is 14.1. The van der Waals surface area contributed by atoms with Crippen molar-refractivity contribution in [3.63, 3.8) is 0 Å². The normalized spacial score (nSPS) is 11.4. The number of aromatic nitrogens is 5. The molecule has 0 atom stereocenters. The summed E-state index contributed by atoms with van der Waals surface area (Å²) in [5.41, 5.74) is 1.93. The van der Waals surface area contributed by atoms with Gasteiger partial charge in [0.15, 0.2) is 0 Å². The molecule has 0 unspecified atom stereocenters. The molecule has 2 rings (SSSR count). The van der Waals surface area contributed by atoms with Gasteiger partial charge < -0.3 is 0 Å². The summed E-state index contributed by atoms with van der Waals surface area (Å²) < 4.78 is 3.85. The van der Waals surface area contributed by atoms with E-state index in [1.807, 2.05) is 23.1 Å². The Morgan fingerprint density at radius 2 is 2.05 bits per heavy atom. The van der Waals surface area contributed by atoms with Gasteiger partial charge in [-0.15, -0.1) is 16.7 Å². The predicted molar refractivity (Wildman–Crippen MR) is 75.4 cm³/mol. The van der Waals surface area contributed by atoms with Gasteiger partial charge in [0.05, 0.1) is 24.0 Å². The molecule has 2 aromatic heterocycles. The second-order valence-corrected chi connectivity index (χ2v) is 4.98. The van der Waals surface area contributed by atoms with E-state index in [4.69, 9.17) is 11.6 Å². The molecule has 0 bridgehead atoms. The summed E-state index contributed by atoms with van der Waals surface area (Å²) in [6.45, 7) is 5.03. The van der Waals surface area contributed by atoms with Crippen molar-refractivity contribution in [2.24, 2.45) is 0 Å². The molecule has 104 valence electrons. The smallest absolute Gasteiger partial charge is 0.0867 e. The first-order valence-electron chi connectivity index (χ1n) is 6.75. The van der Waals surface area contributed by atoms with Crippen molar-refractivity contribution in [2.45, 2.75) is 45.7 Å². The van der Waals surface area contributed by atoms with E-state index >= 15 is 0 Å². The topological polar surface area (TPSA) is 48.5 Å². The maximum atomic E-state index is 5.68. The fraction of sp³-hybridized carbons (Fsp3) is 0.615. The molecule has 2 aromatic rings. The Bertz CT molecular complexity index is 501. The minimum atomic E-state index is 0.483. The lowest BCUT2D eigenvalue weighted by Gasteiger charge is -2.12. The molecular weight excluding hydrogens is 262 g/mol. The van der Waals surface area contributed by atoms with Crippen molar-refractivity contribution in [3.05, 3.63) is 29.8 Å². The fourth-order valence-corrected chi connectivity index (χ4v) is 2.31. The maximum Gasteiger partial charge on any atom is 0.0867 e. The molecule has 0 saturated heterocycles. The summed E-state index contributed by atoms with van der Waals surface area (Å²) >= 11 is 5.68. The molecule has 0 spiro atoms. The van der Waals surface area contributed by atoms with Crippen LogP contribution in [0.3, 0.4) is 0 Å². The Labute approximate surface area is 118 Å². The van der Waals surface area contributed by atoms with Crippen molar-refractivity contribution in [2.75, 3.05) is 5.88 Å². The Kier molecular flexibility index (Phi) is 4.96. The van der Waals surface area contributed by atoms with E-state index in [0.29, 0.717) is 18.5 Å². The third-order valence-corrected chi connectivity index (χ3v) is 3.43. The molecule has 19 heavy (non-hydrogen) atoms. The van der Waals surface area contributed by atoms with Crippen LogP contribution < -0.4 is 0 Å². The standard InChI is InChI=1S/C13H20ClN5/c1-3-13(4-2)19-8-6-12(16-19)10-18-9-11(5-7-14)15-17-18/h6,8-9,13H,3-5,7,10H2,1-2H3. The van der Waals surface area contributed by atoms with E-state index < -0.39 is 0 Å². The summed E-state index contributed by atoms with van der Waals surface area (Å²) in [5, 5.41) is 12.8. The van der Waals surface area contributed by atoms with Crippen LogP contribution in [0.4, 0.5) is 0 Å².